The Morgan fingerprint density at radius 3 is 2.62 bits per heavy atom. The maximum absolute atomic E-state index is 12.4. The maximum Gasteiger partial charge on any atom is 0.323 e. The van der Waals surface area contributed by atoms with E-state index in [0.717, 1.165) is 21.4 Å². The number of fused-ring (bicyclic) bond motifs is 3. The number of carbonyl (C=O) groups is 1. The van der Waals surface area contributed by atoms with Crippen molar-refractivity contribution in [2.75, 3.05) is 0 Å². The van der Waals surface area contributed by atoms with Crippen molar-refractivity contribution in [2.45, 2.75) is 13.5 Å². The van der Waals surface area contributed by atoms with Crippen LogP contribution in [0.3, 0.4) is 0 Å². The second kappa shape index (κ2) is 5.92. The minimum atomic E-state index is -1.11. The van der Waals surface area contributed by atoms with Crippen molar-refractivity contribution in [1.29, 1.82) is 0 Å². The van der Waals surface area contributed by atoms with Crippen LogP contribution in [0.15, 0.2) is 41.3 Å². The quantitative estimate of drug-likeness (QED) is 0.593. The van der Waals surface area contributed by atoms with Gasteiger partial charge >= 0.3 is 5.97 Å². The van der Waals surface area contributed by atoms with E-state index in [2.05, 4.69) is 15.3 Å². The van der Waals surface area contributed by atoms with Gasteiger partial charge < -0.3 is 9.67 Å². The summed E-state index contributed by atoms with van der Waals surface area (Å²) in [5.41, 5.74) is 2.91. The third-order valence-corrected chi connectivity index (χ3v) is 4.32. The average Bonchev–Trinajstić information content (AvgIpc) is 2.94. The van der Waals surface area contributed by atoms with E-state index in [-0.39, 0.29) is 5.52 Å². The van der Waals surface area contributed by atoms with E-state index in [1.807, 2.05) is 19.1 Å². The predicted molar refractivity (Wildman–Crippen MR) is 95.4 cm³/mol. The van der Waals surface area contributed by atoms with Crippen molar-refractivity contribution in [3.63, 3.8) is 0 Å². The molecular weight excluding hydrogens is 358 g/mol. The van der Waals surface area contributed by atoms with E-state index >= 15 is 0 Å². The third-order valence-electron chi connectivity index (χ3n) is 4.07. The van der Waals surface area contributed by atoms with Crippen molar-refractivity contribution in [3.05, 3.63) is 57.6 Å². The van der Waals surface area contributed by atoms with Gasteiger partial charge in [0.1, 0.15) is 12.1 Å². The van der Waals surface area contributed by atoms with E-state index in [0.29, 0.717) is 16.2 Å². The molecule has 0 spiro atoms. The number of hydrogen-bond acceptors (Lipinski definition) is 5. The molecule has 8 nitrogen and oxygen atoms in total. The summed E-state index contributed by atoms with van der Waals surface area (Å²) in [5, 5.41) is 22.2. The zero-order valence-corrected chi connectivity index (χ0v) is 14.3. The molecule has 4 rings (SSSR count). The molecule has 0 atom stereocenters. The first-order chi connectivity index (χ1) is 12.5. The van der Waals surface area contributed by atoms with Crippen LogP contribution in [-0.2, 0) is 11.3 Å². The van der Waals surface area contributed by atoms with Gasteiger partial charge in [0.15, 0.2) is 11.2 Å². The minimum Gasteiger partial charge on any atom is -0.480 e. The lowest BCUT2D eigenvalue weighted by Gasteiger charge is -2.05. The molecule has 130 valence electrons. The van der Waals surface area contributed by atoms with E-state index in [1.54, 1.807) is 22.7 Å². The minimum absolute atomic E-state index is 0.0615. The molecule has 0 fully saturated rings. The van der Waals surface area contributed by atoms with Gasteiger partial charge in [-0.05, 0) is 30.7 Å². The molecule has 0 saturated carbocycles. The van der Waals surface area contributed by atoms with Gasteiger partial charge in [0.05, 0.1) is 11.3 Å². The summed E-state index contributed by atoms with van der Waals surface area (Å²) in [6.07, 6.45) is 1.42. The molecule has 0 aliphatic heterocycles. The number of nitrogens with zero attached hydrogens (tertiary/aromatic N) is 5. The number of hydrogen-bond donors (Lipinski definition) is 1. The number of aryl methyl sites for hydroxylation is 1. The second-order valence-electron chi connectivity index (χ2n) is 5.78. The first-order valence-corrected chi connectivity index (χ1v) is 8.06. The highest BCUT2D eigenvalue weighted by Gasteiger charge is 2.17. The van der Waals surface area contributed by atoms with E-state index in [1.165, 1.54) is 6.20 Å². The molecule has 3 aromatic heterocycles. The zero-order chi connectivity index (χ0) is 18.4. The van der Waals surface area contributed by atoms with Crippen LogP contribution in [0.5, 0.6) is 0 Å². The molecule has 0 bridgehead atoms. The van der Waals surface area contributed by atoms with E-state index in [9.17, 15) is 9.59 Å². The van der Waals surface area contributed by atoms with Gasteiger partial charge in [-0.1, -0.05) is 23.7 Å². The summed E-state index contributed by atoms with van der Waals surface area (Å²) >= 11 is 5.95. The molecule has 0 unspecified atom stereocenters. The van der Waals surface area contributed by atoms with Crippen LogP contribution in [-0.4, -0.2) is 35.5 Å². The molecule has 26 heavy (non-hydrogen) atoms. The van der Waals surface area contributed by atoms with Gasteiger partial charge in [0.25, 0.3) is 5.56 Å². The molecule has 0 aliphatic rings. The van der Waals surface area contributed by atoms with Crippen LogP contribution >= 0.6 is 11.6 Å². The number of aromatic nitrogens is 5. The molecule has 0 aliphatic carbocycles. The number of carboxylic acids is 1. The van der Waals surface area contributed by atoms with Crippen LogP contribution in [0.1, 0.15) is 5.69 Å². The number of benzene rings is 1. The van der Waals surface area contributed by atoms with Crippen molar-refractivity contribution in [2.24, 2.45) is 0 Å². The average molecular weight is 370 g/mol. The fraction of sp³-hybridized carbons (Fsp3) is 0.118. The lowest BCUT2D eigenvalue weighted by atomic mass is 10.1. The summed E-state index contributed by atoms with van der Waals surface area (Å²) in [7, 11) is 0. The van der Waals surface area contributed by atoms with Crippen molar-refractivity contribution < 1.29 is 9.90 Å². The smallest absolute Gasteiger partial charge is 0.323 e. The van der Waals surface area contributed by atoms with Gasteiger partial charge in [0.2, 0.25) is 0 Å². The third kappa shape index (κ3) is 2.51. The number of halogens is 1. The summed E-state index contributed by atoms with van der Waals surface area (Å²) in [6, 6.07) is 8.89. The van der Waals surface area contributed by atoms with Crippen molar-refractivity contribution >= 4 is 34.3 Å². The van der Waals surface area contributed by atoms with Gasteiger partial charge in [-0.15, -0.1) is 10.2 Å². The van der Waals surface area contributed by atoms with Gasteiger partial charge in [-0.25, -0.2) is 4.52 Å². The molecule has 0 saturated heterocycles. The molecule has 1 aromatic carbocycles. The van der Waals surface area contributed by atoms with Gasteiger partial charge in [-0.3, -0.25) is 9.59 Å². The van der Waals surface area contributed by atoms with E-state index < -0.39 is 18.1 Å². The highest BCUT2D eigenvalue weighted by Crippen LogP contribution is 2.28. The van der Waals surface area contributed by atoms with Crippen LogP contribution in [0.2, 0.25) is 5.02 Å². The largest absolute Gasteiger partial charge is 0.480 e. The summed E-state index contributed by atoms with van der Waals surface area (Å²) in [5.74, 6) is -1.11. The van der Waals surface area contributed by atoms with Crippen molar-refractivity contribution in [1.82, 2.24) is 24.4 Å². The Morgan fingerprint density at radius 1 is 1.19 bits per heavy atom. The topological polar surface area (TPSA) is 102 Å². The molecular formula is C17H12ClN5O3. The molecule has 1 N–H and O–H groups in total. The fourth-order valence-electron chi connectivity index (χ4n) is 2.92. The number of pyridine rings is 1. The molecule has 4 aromatic rings. The Bertz CT molecular complexity index is 1230. The highest BCUT2D eigenvalue weighted by atomic mass is 35.5. The van der Waals surface area contributed by atoms with Gasteiger partial charge in [0, 0.05) is 11.2 Å². The summed E-state index contributed by atoms with van der Waals surface area (Å²) in [6.45, 7) is 1.40. The molecule has 3 heterocycles. The Balaban J connectivity index is 1.99. The first kappa shape index (κ1) is 16.2. The van der Waals surface area contributed by atoms with Crippen LogP contribution in [0.4, 0.5) is 0 Å². The van der Waals surface area contributed by atoms with Crippen LogP contribution in [0, 0.1) is 6.92 Å². The maximum atomic E-state index is 12.4. The van der Waals surface area contributed by atoms with Gasteiger partial charge in [-0.2, -0.15) is 5.10 Å². The predicted octanol–water partition coefficient (Wildman–Crippen LogP) is 2.15. The zero-order valence-electron chi connectivity index (χ0n) is 13.5. The Kier molecular flexibility index (Phi) is 3.69. The Morgan fingerprint density at radius 2 is 1.92 bits per heavy atom. The lowest BCUT2D eigenvalue weighted by Crippen LogP contribution is -2.25. The van der Waals surface area contributed by atoms with Crippen LogP contribution < -0.4 is 5.56 Å². The number of carboxylic acid groups (broad SMARTS) is 1. The monoisotopic (exact) mass is 369 g/mol. The number of rotatable bonds is 3. The fourth-order valence-corrected chi connectivity index (χ4v) is 3.04. The Hall–Kier alpha value is -3.26. The van der Waals surface area contributed by atoms with E-state index in [4.69, 9.17) is 16.7 Å². The second-order valence-corrected chi connectivity index (χ2v) is 6.22. The summed E-state index contributed by atoms with van der Waals surface area (Å²) < 4.78 is 2.62. The normalized spacial score (nSPS) is 11.3. The van der Waals surface area contributed by atoms with Crippen LogP contribution in [0.25, 0.3) is 27.8 Å². The first-order valence-electron chi connectivity index (χ1n) is 7.68. The Labute approximate surface area is 151 Å². The summed E-state index contributed by atoms with van der Waals surface area (Å²) in [4.78, 5) is 23.3. The molecule has 9 heteroatoms. The lowest BCUT2D eigenvalue weighted by molar-refractivity contribution is -0.137. The molecule has 0 radical (unpaired) electrons. The number of aliphatic carboxylic acids is 1. The molecule has 0 amide bonds. The van der Waals surface area contributed by atoms with Crippen molar-refractivity contribution in [3.8, 4) is 11.1 Å². The standard InChI is InChI=1S/C17H12ClN5O3/c1-9-14(10-2-4-11(18)5-3-10)16-20-19-15-12(23(16)21-9)6-7-22(17(15)26)8-13(24)25/h2-7H,8H2,1H3,(H,24,25). The SMILES string of the molecule is Cc1nn2c(nnc3c(=O)n(CC(=O)O)ccc32)c1-c1ccc(Cl)cc1. The highest BCUT2D eigenvalue weighted by molar-refractivity contribution is 6.30.